The molecule has 1 atom stereocenters. The van der Waals surface area contributed by atoms with Crippen molar-refractivity contribution in [3.05, 3.63) is 22.6 Å². The van der Waals surface area contributed by atoms with Crippen LogP contribution in [0.15, 0.2) is 4.42 Å². The Balaban J connectivity index is 2.67. The first-order valence-electron chi connectivity index (χ1n) is 5.05. The summed E-state index contributed by atoms with van der Waals surface area (Å²) in [6.45, 7) is 1.75. The molecule has 0 aromatic carbocycles. The third kappa shape index (κ3) is 1.87. The summed E-state index contributed by atoms with van der Waals surface area (Å²) in [7, 11) is 0. The summed E-state index contributed by atoms with van der Waals surface area (Å²) in [5.41, 5.74) is -1.68. The monoisotopic (exact) mass is 246 g/mol. The molecule has 92 valence electrons. The Morgan fingerprint density at radius 2 is 2.00 bits per heavy atom. The number of Topliss-reactive ketones (excluding diaryl/α,β-unsaturated/α-hetero) is 1. The number of carbonyl (C=O) groups is 2. The van der Waals surface area contributed by atoms with Crippen molar-refractivity contribution in [3.63, 3.8) is 0 Å². The Morgan fingerprint density at radius 3 is 2.53 bits per heavy atom. The molecule has 0 saturated carbocycles. The van der Waals surface area contributed by atoms with Gasteiger partial charge in [-0.2, -0.15) is 13.2 Å². The summed E-state index contributed by atoms with van der Waals surface area (Å²) in [5, 5.41) is 0. The first-order valence-corrected chi connectivity index (χ1v) is 5.05. The maximum Gasteiger partial charge on any atom is 0.420 e. The number of ketones is 1. The molecule has 0 fully saturated rings. The van der Waals surface area contributed by atoms with Crippen LogP contribution in [-0.2, 0) is 12.6 Å². The highest BCUT2D eigenvalue weighted by atomic mass is 19.4. The summed E-state index contributed by atoms with van der Waals surface area (Å²) in [6, 6.07) is 0. The summed E-state index contributed by atoms with van der Waals surface area (Å²) in [6.07, 6.45) is -4.45. The zero-order valence-electron chi connectivity index (χ0n) is 8.93. The molecule has 0 radical (unpaired) electrons. The van der Waals surface area contributed by atoms with E-state index in [1.165, 1.54) is 0 Å². The molecule has 0 amide bonds. The molecule has 0 N–H and O–H groups in total. The Bertz CT molecular complexity index is 485. The van der Waals surface area contributed by atoms with Gasteiger partial charge in [-0.15, -0.1) is 0 Å². The van der Waals surface area contributed by atoms with Crippen LogP contribution in [0.1, 0.15) is 45.6 Å². The SMILES string of the molecule is CC1CC(=O)c2c(oc(C=O)c2C(F)(F)F)C1. The van der Waals surface area contributed by atoms with Crippen molar-refractivity contribution in [2.75, 3.05) is 0 Å². The lowest BCUT2D eigenvalue weighted by Gasteiger charge is -2.16. The van der Waals surface area contributed by atoms with E-state index in [1.54, 1.807) is 6.92 Å². The van der Waals surface area contributed by atoms with Crippen LogP contribution in [0.5, 0.6) is 0 Å². The molecule has 1 aromatic rings. The van der Waals surface area contributed by atoms with Crippen LogP contribution in [0.25, 0.3) is 0 Å². The van der Waals surface area contributed by atoms with Gasteiger partial charge >= 0.3 is 6.18 Å². The average Bonchev–Trinajstić information content (AvgIpc) is 2.55. The van der Waals surface area contributed by atoms with Gasteiger partial charge in [0, 0.05) is 12.8 Å². The highest BCUT2D eigenvalue weighted by Crippen LogP contribution is 2.40. The Kier molecular flexibility index (Phi) is 2.60. The first kappa shape index (κ1) is 11.9. The van der Waals surface area contributed by atoms with Crippen LogP contribution in [0.4, 0.5) is 13.2 Å². The molecule has 0 aliphatic heterocycles. The molecule has 1 aliphatic carbocycles. The predicted octanol–water partition coefficient (Wildman–Crippen LogP) is 2.88. The summed E-state index contributed by atoms with van der Waals surface area (Å²) in [5.74, 6) is -1.50. The van der Waals surface area contributed by atoms with Gasteiger partial charge in [0.25, 0.3) is 0 Å². The first-order chi connectivity index (χ1) is 7.84. The molecule has 0 bridgehead atoms. The van der Waals surface area contributed by atoms with Crippen molar-refractivity contribution in [3.8, 4) is 0 Å². The van der Waals surface area contributed by atoms with Gasteiger partial charge in [-0.25, -0.2) is 0 Å². The van der Waals surface area contributed by atoms with E-state index in [1.807, 2.05) is 0 Å². The van der Waals surface area contributed by atoms with E-state index in [2.05, 4.69) is 0 Å². The minimum absolute atomic E-state index is 0.000903. The number of aldehydes is 1. The van der Waals surface area contributed by atoms with Gasteiger partial charge < -0.3 is 4.42 Å². The Hall–Kier alpha value is -1.59. The minimum Gasteiger partial charge on any atom is -0.457 e. The fourth-order valence-electron chi connectivity index (χ4n) is 2.11. The van der Waals surface area contributed by atoms with Crippen molar-refractivity contribution in [1.29, 1.82) is 0 Å². The quantitative estimate of drug-likeness (QED) is 0.716. The highest BCUT2D eigenvalue weighted by molar-refractivity contribution is 6.01. The third-order valence-electron chi connectivity index (χ3n) is 2.75. The molecule has 17 heavy (non-hydrogen) atoms. The van der Waals surface area contributed by atoms with Gasteiger partial charge in [-0.3, -0.25) is 9.59 Å². The largest absolute Gasteiger partial charge is 0.457 e. The fourth-order valence-corrected chi connectivity index (χ4v) is 2.11. The van der Waals surface area contributed by atoms with Crippen LogP contribution in [0.2, 0.25) is 0 Å². The van der Waals surface area contributed by atoms with E-state index in [-0.39, 0.29) is 30.8 Å². The van der Waals surface area contributed by atoms with E-state index in [0.29, 0.717) is 0 Å². The van der Waals surface area contributed by atoms with Gasteiger partial charge in [0.1, 0.15) is 11.3 Å². The van der Waals surface area contributed by atoms with E-state index >= 15 is 0 Å². The number of halogens is 3. The van der Waals surface area contributed by atoms with Crippen LogP contribution < -0.4 is 0 Å². The number of alkyl halides is 3. The molecule has 1 aromatic heterocycles. The van der Waals surface area contributed by atoms with Crippen LogP contribution >= 0.6 is 0 Å². The van der Waals surface area contributed by atoms with Gasteiger partial charge in [0.15, 0.2) is 17.8 Å². The lowest BCUT2D eigenvalue weighted by Crippen LogP contribution is -2.20. The van der Waals surface area contributed by atoms with E-state index in [4.69, 9.17) is 4.42 Å². The zero-order chi connectivity index (χ0) is 12.8. The van der Waals surface area contributed by atoms with Crippen molar-refractivity contribution in [2.24, 2.45) is 5.92 Å². The maximum absolute atomic E-state index is 12.8. The van der Waals surface area contributed by atoms with E-state index < -0.39 is 28.8 Å². The van der Waals surface area contributed by atoms with E-state index in [9.17, 15) is 22.8 Å². The molecule has 2 rings (SSSR count). The van der Waals surface area contributed by atoms with Crippen LogP contribution in [0, 0.1) is 5.92 Å². The number of hydrogen-bond acceptors (Lipinski definition) is 3. The number of hydrogen-bond donors (Lipinski definition) is 0. The average molecular weight is 246 g/mol. The number of rotatable bonds is 1. The maximum atomic E-state index is 12.8. The third-order valence-corrected chi connectivity index (χ3v) is 2.75. The van der Waals surface area contributed by atoms with Crippen LogP contribution in [0.3, 0.4) is 0 Å². The van der Waals surface area contributed by atoms with E-state index in [0.717, 1.165) is 0 Å². The lowest BCUT2D eigenvalue weighted by molar-refractivity contribution is -0.138. The number of furan rings is 1. The molecular weight excluding hydrogens is 237 g/mol. The van der Waals surface area contributed by atoms with Crippen molar-refractivity contribution >= 4 is 12.1 Å². The molecule has 1 aliphatic rings. The Morgan fingerprint density at radius 1 is 1.35 bits per heavy atom. The van der Waals surface area contributed by atoms with Crippen molar-refractivity contribution < 1.29 is 27.2 Å². The summed E-state index contributed by atoms with van der Waals surface area (Å²) < 4.78 is 43.1. The molecule has 0 saturated heterocycles. The molecule has 6 heteroatoms. The van der Waals surface area contributed by atoms with Gasteiger partial charge in [-0.05, 0) is 5.92 Å². The number of fused-ring (bicyclic) bond motifs is 1. The Labute approximate surface area is 94.6 Å². The second-order valence-electron chi connectivity index (χ2n) is 4.19. The second kappa shape index (κ2) is 3.72. The minimum atomic E-state index is -4.75. The normalized spacial score (nSPS) is 20.2. The fraction of sp³-hybridized carbons (Fsp3) is 0.455. The molecular formula is C11H9F3O3. The smallest absolute Gasteiger partial charge is 0.420 e. The summed E-state index contributed by atoms with van der Waals surface area (Å²) >= 11 is 0. The van der Waals surface area contributed by atoms with Crippen molar-refractivity contribution in [1.82, 2.24) is 0 Å². The topological polar surface area (TPSA) is 47.3 Å². The predicted molar refractivity (Wildman–Crippen MR) is 50.9 cm³/mol. The van der Waals surface area contributed by atoms with Crippen LogP contribution in [-0.4, -0.2) is 12.1 Å². The molecule has 0 spiro atoms. The summed E-state index contributed by atoms with van der Waals surface area (Å²) in [4.78, 5) is 22.2. The molecule has 1 heterocycles. The van der Waals surface area contributed by atoms with Gasteiger partial charge in [0.2, 0.25) is 0 Å². The number of carbonyl (C=O) groups excluding carboxylic acids is 2. The molecule has 3 nitrogen and oxygen atoms in total. The second-order valence-corrected chi connectivity index (χ2v) is 4.19. The standard InChI is InChI=1S/C11H9F3O3/c1-5-2-6(16)9-7(3-5)17-8(4-15)10(9)11(12,13)14/h4-5H,2-3H2,1H3. The van der Waals surface area contributed by atoms with Gasteiger partial charge in [0.05, 0.1) is 5.56 Å². The van der Waals surface area contributed by atoms with Gasteiger partial charge in [-0.1, -0.05) is 6.92 Å². The van der Waals surface area contributed by atoms with Crippen molar-refractivity contribution in [2.45, 2.75) is 25.9 Å². The lowest BCUT2D eigenvalue weighted by atomic mass is 9.86. The molecule has 1 unspecified atom stereocenters. The zero-order valence-corrected chi connectivity index (χ0v) is 8.93. The highest BCUT2D eigenvalue weighted by Gasteiger charge is 2.44.